The van der Waals surface area contributed by atoms with Crippen LogP contribution in [-0.2, 0) is 20.8 Å². The van der Waals surface area contributed by atoms with Crippen LogP contribution in [0.25, 0.3) is 22.1 Å². The molecule has 4 amide bonds. The van der Waals surface area contributed by atoms with Crippen molar-refractivity contribution in [2.45, 2.75) is 95.5 Å². The number of piperidine rings is 1. The summed E-state index contributed by atoms with van der Waals surface area (Å²) >= 11 is 4.91. The molecule has 1 aliphatic carbocycles. The van der Waals surface area contributed by atoms with Gasteiger partial charge in [-0.15, -0.1) is 0 Å². The topological polar surface area (TPSA) is 250 Å². The van der Waals surface area contributed by atoms with E-state index in [9.17, 15) is 24.3 Å². The number of nitrogens with zero attached hydrogens (tertiary/aromatic N) is 4. The SMILES string of the molecule is CC(C)(C)NC(=O)[C@@H]1C[C@@H]2CCCC[C@@H]2CN1C[C@@H](O)[C@H](Cc1ccccc1)NC(=O)[C@H](CC(N)=O)NC(=O)c1ccc2ccccc2n1.Nc1nc(=S)c2[nH]cnc2[nH]1. The van der Waals surface area contributed by atoms with Crippen LogP contribution >= 0.6 is 12.2 Å². The van der Waals surface area contributed by atoms with Crippen molar-refractivity contribution in [1.29, 1.82) is 0 Å². The summed E-state index contributed by atoms with van der Waals surface area (Å²) in [5, 5.41) is 21.4. The van der Waals surface area contributed by atoms with Crippen molar-refractivity contribution in [3.63, 3.8) is 0 Å². The number of β-amino-alcohol motifs (C(OH)–C–C–N with tert-alkyl or cyclic N) is 1. The number of H-pyrrole nitrogens is 2. The van der Waals surface area contributed by atoms with E-state index in [1.165, 1.54) is 12.7 Å². The van der Waals surface area contributed by atoms with Gasteiger partial charge >= 0.3 is 0 Å². The first kappa shape index (κ1) is 43.8. The molecular weight excluding hydrogens is 783 g/mol. The highest BCUT2D eigenvalue weighted by atomic mass is 32.1. The maximum absolute atomic E-state index is 13.8. The number of amides is 4. The van der Waals surface area contributed by atoms with Crippen LogP contribution in [0.15, 0.2) is 73.1 Å². The predicted octanol–water partition coefficient (Wildman–Crippen LogP) is 3.69. The summed E-state index contributed by atoms with van der Waals surface area (Å²) in [7, 11) is 0. The molecule has 2 fully saturated rings. The Kier molecular flexibility index (Phi) is 14.2. The monoisotopic (exact) mass is 837 g/mol. The molecule has 6 atom stereocenters. The van der Waals surface area contributed by atoms with E-state index >= 15 is 0 Å². The molecule has 7 rings (SSSR count). The second kappa shape index (κ2) is 19.5. The smallest absolute Gasteiger partial charge is 0.270 e. The Morgan fingerprint density at radius 1 is 0.967 bits per heavy atom. The molecule has 1 aliphatic heterocycles. The van der Waals surface area contributed by atoms with Crippen molar-refractivity contribution >= 4 is 63.9 Å². The number of carbonyl (C=O) groups is 4. The molecule has 4 heterocycles. The van der Waals surface area contributed by atoms with Gasteiger partial charge in [0, 0.05) is 24.0 Å². The Morgan fingerprint density at radius 3 is 2.42 bits per heavy atom. The maximum atomic E-state index is 13.8. The Morgan fingerprint density at radius 2 is 1.68 bits per heavy atom. The highest BCUT2D eigenvalue weighted by molar-refractivity contribution is 7.71. The lowest BCUT2D eigenvalue weighted by atomic mass is 9.72. The van der Waals surface area contributed by atoms with Gasteiger partial charge in [-0.3, -0.25) is 24.1 Å². The van der Waals surface area contributed by atoms with Crippen molar-refractivity contribution in [1.82, 2.24) is 45.8 Å². The highest BCUT2D eigenvalue weighted by Gasteiger charge is 2.42. The van der Waals surface area contributed by atoms with Gasteiger partial charge in [0.25, 0.3) is 5.91 Å². The normalized spacial score (nSPS) is 19.5. The molecule has 1 saturated heterocycles. The number of nitrogen functional groups attached to an aromatic ring is 1. The minimum absolute atomic E-state index is 0.0566. The lowest BCUT2D eigenvalue weighted by molar-refractivity contribution is -0.133. The van der Waals surface area contributed by atoms with Crippen molar-refractivity contribution in [2.75, 3.05) is 18.8 Å². The molecule has 5 aromatic rings. The minimum Gasteiger partial charge on any atom is -0.390 e. The van der Waals surface area contributed by atoms with Gasteiger partial charge in [-0.05, 0) is 69.6 Å². The maximum Gasteiger partial charge on any atom is 0.270 e. The van der Waals surface area contributed by atoms with Crippen molar-refractivity contribution < 1.29 is 24.3 Å². The number of hydrogen-bond acceptors (Lipinski definition) is 11. The fraction of sp³-hybridized carbons (Fsp3) is 0.442. The molecular formula is C43H55N11O5S. The third kappa shape index (κ3) is 11.7. The largest absolute Gasteiger partial charge is 0.390 e. The van der Waals surface area contributed by atoms with E-state index in [0.717, 1.165) is 36.6 Å². The van der Waals surface area contributed by atoms with Gasteiger partial charge < -0.3 is 42.5 Å². The number of carbonyl (C=O) groups excluding carboxylic acids is 4. The summed E-state index contributed by atoms with van der Waals surface area (Å²) in [6.07, 6.45) is 5.57. The number of aromatic nitrogens is 5. The molecule has 17 heteroatoms. The molecule has 60 heavy (non-hydrogen) atoms. The lowest BCUT2D eigenvalue weighted by Gasteiger charge is -2.47. The number of likely N-dealkylation sites (tertiary alicyclic amines) is 1. The van der Waals surface area contributed by atoms with Crippen LogP contribution in [0.4, 0.5) is 5.95 Å². The zero-order valence-electron chi connectivity index (χ0n) is 34.2. The van der Waals surface area contributed by atoms with Crippen LogP contribution in [0.2, 0.25) is 0 Å². The first-order valence-electron chi connectivity index (χ1n) is 20.4. The van der Waals surface area contributed by atoms with Crippen LogP contribution in [0.3, 0.4) is 0 Å². The zero-order chi connectivity index (χ0) is 43.0. The van der Waals surface area contributed by atoms with Gasteiger partial charge in [0.05, 0.1) is 36.5 Å². The minimum atomic E-state index is -1.30. The number of fused-ring (bicyclic) bond motifs is 3. The van der Waals surface area contributed by atoms with Crippen LogP contribution in [-0.4, -0.2) is 101 Å². The fourth-order valence-electron chi connectivity index (χ4n) is 8.13. The van der Waals surface area contributed by atoms with Crippen LogP contribution in [0.1, 0.15) is 75.3 Å². The Bertz CT molecular complexity index is 2350. The van der Waals surface area contributed by atoms with E-state index in [0.29, 0.717) is 39.7 Å². The Balaban J connectivity index is 0.000000470. The molecule has 3 aromatic heterocycles. The average Bonchev–Trinajstić information content (AvgIpc) is 3.69. The van der Waals surface area contributed by atoms with E-state index in [1.807, 2.05) is 69.3 Å². The molecule has 318 valence electrons. The van der Waals surface area contributed by atoms with E-state index < -0.39 is 53.9 Å². The van der Waals surface area contributed by atoms with Gasteiger partial charge in [0.15, 0.2) is 10.3 Å². The summed E-state index contributed by atoms with van der Waals surface area (Å²) < 4.78 is 0.439. The number of imidazole rings is 1. The molecule has 2 aliphatic rings. The number of hydrogen-bond donors (Lipinski definition) is 8. The number of anilines is 1. The third-order valence-electron chi connectivity index (χ3n) is 11.0. The Labute approximate surface area is 353 Å². The number of para-hydroxylation sites is 1. The van der Waals surface area contributed by atoms with Gasteiger partial charge in [-0.1, -0.05) is 86.1 Å². The fourth-order valence-corrected chi connectivity index (χ4v) is 8.38. The second-order valence-corrected chi connectivity index (χ2v) is 17.1. The second-order valence-electron chi connectivity index (χ2n) is 16.8. The molecule has 0 spiro atoms. The average molecular weight is 838 g/mol. The first-order chi connectivity index (χ1) is 28.6. The molecule has 1 saturated carbocycles. The predicted molar refractivity (Wildman–Crippen MR) is 232 cm³/mol. The summed E-state index contributed by atoms with van der Waals surface area (Å²) in [5.74, 6) is -0.909. The number of aliphatic hydroxyl groups is 1. The molecule has 0 radical (unpaired) electrons. The van der Waals surface area contributed by atoms with E-state index in [4.69, 9.17) is 23.7 Å². The van der Waals surface area contributed by atoms with Crippen LogP contribution < -0.4 is 27.4 Å². The van der Waals surface area contributed by atoms with Gasteiger partial charge in [-0.2, -0.15) is 0 Å². The number of benzene rings is 2. The standard InChI is InChI=1S/C38H50N6O5.C5H5N5S/c1-38(2,3)43-37(49)32-20-26-14-7-8-15-27(26)22-44(32)23-33(45)30(19-24-11-5-4-6-12-24)41-36(48)31(21-34(39)46)42-35(47)29-18-17-25-13-9-10-16-28(25)40-29;6-5-9-3-2(4(11)10-5)7-1-8-3/h4-6,9-13,16-18,26-27,30-33,45H,7-8,14-15,19-23H2,1-3H3,(H2,39,46)(H,41,48)(H,42,47)(H,43,49);1H,(H4,6,7,8,9,10,11)/t26-,27+,30-,31-,32-,33+;/m0./s1. The molecule has 0 unspecified atom stereocenters. The molecule has 2 aromatic carbocycles. The molecule has 10 N–H and O–H groups in total. The number of nitrogens with one attached hydrogen (secondary N) is 5. The number of primary amides is 1. The van der Waals surface area contributed by atoms with Gasteiger partial charge in [0.1, 0.15) is 17.3 Å². The van der Waals surface area contributed by atoms with Gasteiger partial charge in [-0.25, -0.2) is 15.0 Å². The number of aromatic amines is 2. The van der Waals surface area contributed by atoms with E-state index in [1.54, 1.807) is 18.2 Å². The number of nitrogens with two attached hydrogens (primary N) is 2. The van der Waals surface area contributed by atoms with E-state index in [2.05, 4.69) is 45.8 Å². The summed E-state index contributed by atoms with van der Waals surface area (Å²) in [6.45, 7) is 6.73. The number of pyridine rings is 1. The van der Waals surface area contributed by atoms with Crippen molar-refractivity contribution in [3.05, 3.63) is 89.0 Å². The summed E-state index contributed by atoms with van der Waals surface area (Å²) in [5.41, 5.74) is 13.5. The van der Waals surface area contributed by atoms with Gasteiger partial charge in [0.2, 0.25) is 23.7 Å². The van der Waals surface area contributed by atoms with Crippen molar-refractivity contribution in [3.8, 4) is 0 Å². The molecule has 0 bridgehead atoms. The summed E-state index contributed by atoms with van der Waals surface area (Å²) in [6, 6.07) is 17.6. The third-order valence-corrected chi connectivity index (χ3v) is 11.3. The quantitative estimate of drug-likeness (QED) is 0.0842. The Hall–Kier alpha value is -5.78. The molecule has 16 nitrogen and oxygen atoms in total. The van der Waals surface area contributed by atoms with Crippen LogP contribution in [0, 0.1) is 16.5 Å². The lowest BCUT2D eigenvalue weighted by Crippen LogP contribution is -2.61. The first-order valence-corrected chi connectivity index (χ1v) is 20.8. The number of aliphatic hydroxyl groups excluding tert-OH is 1. The van der Waals surface area contributed by atoms with E-state index in [-0.39, 0.29) is 30.5 Å². The highest BCUT2D eigenvalue weighted by Crippen LogP contribution is 2.39. The number of rotatable bonds is 12. The van der Waals surface area contributed by atoms with Crippen LogP contribution in [0.5, 0.6) is 0 Å². The van der Waals surface area contributed by atoms with Crippen molar-refractivity contribution in [2.24, 2.45) is 17.6 Å². The zero-order valence-corrected chi connectivity index (χ0v) is 35.0. The summed E-state index contributed by atoms with van der Waals surface area (Å²) in [4.78, 5) is 72.7.